The molecule has 187 valence electrons. The van der Waals surface area contributed by atoms with Gasteiger partial charge in [0.2, 0.25) is 0 Å². The van der Waals surface area contributed by atoms with Crippen LogP contribution in [0.5, 0.6) is 0 Å². The Morgan fingerprint density at radius 1 is 0.611 bits per heavy atom. The van der Waals surface area contributed by atoms with Crippen LogP contribution in [0.3, 0.4) is 0 Å². The van der Waals surface area contributed by atoms with Crippen molar-refractivity contribution >= 4 is 19.2 Å². The molecule has 4 rings (SSSR count). The predicted octanol–water partition coefficient (Wildman–Crippen LogP) is -2.37. The molecule has 1 radical (unpaired) electrons. The molecule has 0 spiro atoms. The Balaban J connectivity index is 0.00000306. The predicted molar refractivity (Wildman–Crippen MR) is 142 cm³/mol. The largest absolute Gasteiger partial charge is 4.00 e. The molecule has 0 aliphatic carbocycles. The van der Waals surface area contributed by atoms with Gasteiger partial charge in [-0.3, -0.25) is 0 Å². The molecule has 0 fully saturated rings. The zero-order chi connectivity index (χ0) is 23.0. The SMILES string of the molecule is Cc1ccc([Si](C[c-]2c(C)c(C)c(C)c2-c2ccccc2)c2ccc(C)cc2C)c(C)c1.[Cl-].[Cl-].[Cl-].[Ti+4]. The average Bonchev–Trinajstić information content (AvgIpc) is 2.97. The van der Waals surface area contributed by atoms with Crippen LogP contribution in [0.1, 0.15) is 44.5 Å². The molecule has 0 amide bonds. The van der Waals surface area contributed by atoms with Crippen LogP contribution in [0.25, 0.3) is 11.1 Å². The molecule has 0 heterocycles. The molecule has 0 unspecified atom stereocenters. The zero-order valence-electron chi connectivity index (χ0n) is 22.2. The third kappa shape index (κ3) is 7.01. The van der Waals surface area contributed by atoms with E-state index in [0.717, 1.165) is 6.04 Å². The van der Waals surface area contributed by atoms with Crippen LogP contribution in [0.2, 0.25) is 0 Å². The number of benzene rings is 3. The van der Waals surface area contributed by atoms with Crippen LogP contribution in [-0.4, -0.2) is 8.80 Å². The Morgan fingerprint density at radius 2 is 1.08 bits per heavy atom. The monoisotopic (exact) mass is 587 g/mol. The van der Waals surface area contributed by atoms with E-state index in [-0.39, 0.29) is 58.9 Å². The molecule has 0 aliphatic heterocycles. The molecule has 5 heteroatoms. The maximum Gasteiger partial charge on any atom is 4.00 e. The summed E-state index contributed by atoms with van der Waals surface area (Å²) in [7, 11) is -1.000. The summed E-state index contributed by atoms with van der Waals surface area (Å²) >= 11 is 0. The van der Waals surface area contributed by atoms with Gasteiger partial charge in [0.05, 0.1) is 0 Å². The normalized spacial score (nSPS) is 10.1. The van der Waals surface area contributed by atoms with Gasteiger partial charge < -0.3 is 37.2 Å². The van der Waals surface area contributed by atoms with E-state index in [9.17, 15) is 0 Å². The fourth-order valence-corrected chi connectivity index (χ4v) is 8.27. The number of rotatable bonds is 5. The van der Waals surface area contributed by atoms with E-state index in [2.05, 4.69) is 115 Å². The fourth-order valence-electron chi connectivity index (χ4n) is 5.14. The average molecular weight is 589 g/mol. The number of aryl methyl sites for hydroxylation is 4. The zero-order valence-corrected chi connectivity index (χ0v) is 27.0. The molecule has 0 saturated heterocycles. The Morgan fingerprint density at radius 3 is 1.53 bits per heavy atom. The minimum Gasteiger partial charge on any atom is -1.00 e. The second kappa shape index (κ2) is 14.7. The molecule has 4 aromatic carbocycles. The van der Waals surface area contributed by atoms with Gasteiger partial charge in [-0.2, -0.15) is 11.1 Å². The van der Waals surface area contributed by atoms with Crippen molar-refractivity contribution in [3.8, 4) is 11.1 Å². The Hall–Kier alpha value is -1.19. The first kappa shape index (κ1) is 34.8. The quantitative estimate of drug-likeness (QED) is 0.181. The summed E-state index contributed by atoms with van der Waals surface area (Å²) in [6.45, 7) is 15.9. The van der Waals surface area contributed by atoms with Crippen LogP contribution in [0.15, 0.2) is 66.7 Å². The van der Waals surface area contributed by atoms with Gasteiger partial charge in [0, 0.05) is 0 Å². The third-order valence-corrected chi connectivity index (χ3v) is 10.2. The molecule has 0 aliphatic rings. The molecule has 4 aromatic rings. The van der Waals surface area contributed by atoms with Crippen molar-refractivity contribution in [3.05, 3.63) is 111 Å². The second-order valence-corrected chi connectivity index (χ2v) is 11.8. The Labute approximate surface area is 253 Å². The van der Waals surface area contributed by atoms with E-state index in [1.807, 2.05) is 0 Å². The van der Waals surface area contributed by atoms with Gasteiger partial charge in [-0.1, -0.05) is 132 Å². The summed E-state index contributed by atoms with van der Waals surface area (Å²) < 4.78 is 0. The van der Waals surface area contributed by atoms with Crippen molar-refractivity contribution in [2.75, 3.05) is 0 Å². The fraction of sp³-hybridized carbons (Fsp3) is 0.258. The number of hydrogen-bond donors (Lipinski definition) is 0. The van der Waals surface area contributed by atoms with Gasteiger partial charge in [0.1, 0.15) is 8.80 Å². The molecular formula is C31H34Cl3SiTi. The molecule has 36 heavy (non-hydrogen) atoms. The summed E-state index contributed by atoms with van der Waals surface area (Å²) in [5.74, 6) is 0. The van der Waals surface area contributed by atoms with Gasteiger partial charge in [0.15, 0.2) is 0 Å². The van der Waals surface area contributed by atoms with Gasteiger partial charge in [-0.05, 0) is 27.7 Å². The van der Waals surface area contributed by atoms with Gasteiger partial charge in [0.25, 0.3) is 0 Å². The third-order valence-electron chi connectivity index (χ3n) is 7.08. The first-order chi connectivity index (χ1) is 15.3. The molecule has 0 aromatic heterocycles. The first-order valence-corrected chi connectivity index (χ1v) is 13.3. The van der Waals surface area contributed by atoms with Crippen molar-refractivity contribution < 1.29 is 58.9 Å². The van der Waals surface area contributed by atoms with E-state index in [1.54, 1.807) is 15.9 Å². The molecule has 0 saturated carbocycles. The van der Waals surface area contributed by atoms with Crippen LogP contribution in [0.4, 0.5) is 0 Å². The van der Waals surface area contributed by atoms with Gasteiger partial charge in [-0.15, -0.1) is 16.7 Å². The standard InChI is InChI=1S/C31H34Si.3ClH.Ti/c1-20-13-15-29(22(3)17-20)32(30-16-14-21(2)18-23(30)4)19-28-25(6)24(5)26(7)31(28)27-11-9-8-10-12-27;;;;/h8-18H,19H2,1-7H3;3*1H;/q-1;;;;+4/p-3. The van der Waals surface area contributed by atoms with Crippen LogP contribution in [-0.2, 0) is 27.8 Å². The molecule has 0 atom stereocenters. The van der Waals surface area contributed by atoms with E-state index in [1.165, 1.54) is 50.1 Å². The van der Waals surface area contributed by atoms with Crippen molar-refractivity contribution in [1.29, 1.82) is 0 Å². The van der Waals surface area contributed by atoms with Crippen LogP contribution >= 0.6 is 0 Å². The van der Waals surface area contributed by atoms with Gasteiger partial charge in [-0.25, -0.2) is 0 Å². The molecule has 0 nitrogen and oxygen atoms in total. The minimum atomic E-state index is -1.000. The van der Waals surface area contributed by atoms with Crippen molar-refractivity contribution in [1.82, 2.24) is 0 Å². The summed E-state index contributed by atoms with van der Waals surface area (Å²) in [5.41, 5.74) is 14.2. The van der Waals surface area contributed by atoms with Gasteiger partial charge >= 0.3 is 21.7 Å². The van der Waals surface area contributed by atoms with E-state index >= 15 is 0 Å². The van der Waals surface area contributed by atoms with Crippen molar-refractivity contribution in [3.63, 3.8) is 0 Å². The molecule has 0 bridgehead atoms. The maximum atomic E-state index is 2.40. The minimum absolute atomic E-state index is 0. The topological polar surface area (TPSA) is 0 Å². The van der Waals surface area contributed by atoms with Crippen LogP contribution in [0, 0.1) is 48.5 Å². The Bertz CT molecular complexity index is 1230. The second-order valence-electron chi connectivity index (χ2n) is 9.39. The number of halogens is 3. The Kier molecular flexibility index (Phi) is 14.2. The van der Waals surface area contributed by atoms with E-state index < -0.39 is 8.80 Å². The summed E-state index contributed by atoms with van der Waals surface area (Å²) in [6, 6.07) is 26.2. The van der Waals surface area contributed by atoms with Crippen LogP contribution < -0.4 is 47.6 Å². The summed E-state index contributed by atoms with van der Waals surface area (Å²) in [4.78, 5) is 0. The molecular weight excluding hydrogens is 555 g/mol. The maximum absolute atomic E-state index is 2.40. The van der Waals surface area contributed by atoms with E-state index in [4.69, 9.17) is 0 Å². The number of hydrogen-bond acceptors (Lipinski definition) is 0. The van der Waals surface area contributed by atoms with Crippen molar-refractivity contribution in [2.24, 2.45) is 0 Å². The molecule has 0 N–H and O–H groups in total. The van der Waals surface area contributed by atoms with Crippen molar-refractivity contribution in [2.45, 2.75) is 54.5 Å². The summed E-state index contributed by atoms with van der Waals surface area (Å²) in [5, 5.41) is 3.09. The first-order valence-electron chi connectivity index (χ1n) is 11.6. The van der Waals surface area contributed by atoms with E-state index in [0.29, 0.717) is 0 Å². The summed E-state index contributed by atoms with van der Waals surface area (Å²) in [6.07, 6.45) is 0. The smallest absolute Gasteiger partial charge is 1.00 e.